The quantitative estimate of drug-likeness (QED) is 0.655. The summed E-state index contributed by atoms with van der Waals surface area (Å²) in [5, 5.41) is 2.62. The van der Waals surface area contributed by atoms with Crippen LogP contribution in [0.5, 0.6) is 0 Å². The molecule has 0 aliphatic carbocycles. The van der Waals surface area contributed by atoms with Crippen LogP contribution in [0.3, 0.4) is 0 Å². The molecule has 0 radical (unpaired) electrons. The molecule has 0 atom stereocenters. The van der Waals surface area contributed by atoms with Gasteiger partial charge >= 0.3 is 5.97 Å². The van der Waals surface area contributed by atoms with E-state index in [2.05, 4.69) is 5.32 Å². The van der Waals surface area contributed by atoms with E-state index in [0.29, 0.717) is 11.3 Å². The maximum atomic E-state index is 12.0. The van der Waals surface area contributed by atoms with Gasteiger partial charge in [-0.3, -0.25) is 14.4 Å². The first kappa shape index (κ1) is 17.4. The highest BCUT2D eigenvalue weighted by Gasteiger charge is 2.11. The van der Waals surface area contributed by atoms with Gasteiger partial charge in [0.25, 0.3) is 0 Å². The normalized spacial score (nSPS) is 10.1. The number of nitrogens with one attached hydrogen (secondary N) is 1. The molecule has 0 aromatic heterocycles. The number of Topliss-reactive ketones (excluding diaryl/α,β-unsaturated/α-hetero) is 1. The number of anilines is 1. The van der Waals surface area contributed by atoms with Crippen LogP contribution >= 0.6 is 0 Å². The van der Waals surface area contributed by atoms with E-state index in [1.807, 2.05) is 31.2 Å². The number of ketones is 1. The SMILES string of the molecule is CC(=O)Nc1ccc(C(=O)COC(=O)Cc2ccccc2C)cc1. The molecule has 1 amide bonds. The molecule has 5 heteroatoms. The van der Waals surface area contributed by atoms with E-state index in [1.54, 1.807) is 24.3 Å². The summed E-state index contributed by atoms with van der Waals surface area (Å²) < 4.78 is 5.05. The minimum absolute atomic E-state index is 0.140. The van der Waals surface area contributed by atoms with Crippen molar-refractivity contribution in [3.63, 3.8) is 0 Å². The zero-order valence-corrected chi connectivity index (χ0v) is 13.7. The van der Waals surface area contributed by atoms with Gasteiger partial charge in [-0.2, -0.15) is 0 Å². The topological polar surface area (TPSA) is 72.5 Å². The summed E-state index contributed by atoms with van der Waals surface area (Å²) >= 11 is 0. The highest BCUT2D eigenvalue weighted by atomic mass is 16.5. The Morgan fingerprint density at radius 3 is 2.29 bits per heavy atom. The van der Waals surface area contributed by atoms with Crippen molar-refractivity contribution in [1.29, 1.82) is 0 Å². The predicted molar refractivity (Wildman–Crippen MR) is 90.9 cm³/mol. The second-order valence-corrected chi connectivity index (χ2v) is 5.45. The van der Waals surface area contributed by atoms with Crippen LogP contribution in [0.25, 0.3) is 0 Å². The fraction of sp³-hybridized carbons (Fsp3) is 0.211. The highest BCUT2D eigenvalue weighted by molar-refractivity contribution is 5.98. The molecule has 0 aliphatic rings. The van der Waals surface area contributed by atoms with Gasteiger partial charge in [0.2, 0.25) is 5.91 Å². The summed E-state index contributed by atoms with van der Waals surface area (Å²) in [5.74, 6) is -0.908. The monoisotopic (exact) mass is 325 g/mol. The number of rotatable bonds is 6. The summed E-state index contributed by atoms with van der Waals surface area (Å²) in [7, 11) is 0. The summed E-state index contributed by atoms with van der Waals surface area (Å²) in [6, 6.07) is 14.0. The molecule has 0 bridgehead atoms. The number of carbonyl (C=O) groups is 3. The first-order valence-corrected chi connectivity index (χ1v) is 7.56. The summed E-state index contributed by atoms with van der Waals surface area (Å²) in [6.07, 6.45) is 0.140. The van der Waals surface area contributed by atoms with Crippen molar-refractivity contribution < 1.29 is 19.1 Å². The molecule has 0 unspecified atom stereocenters. The van der Waals surface area contributed by atoms with Crippen molar-refractivity contribution in [2.24, 2.45) is 0 Å². The number of esters is 1. The number of benzene rings is 2. The molecule has 2 aromatic carbocycles. The lowest BCUT2D eigenvalue weighted by atomic mass is 10.1. The molecule has 0 fully saturated rings. The lowest BCUT2D eigenvalue weighted by Gasteiger charge is -2.07. The molecule has 0 saturated heterocycles. The smallest absolute Gasteiger partial charge is 0.310 e. The average molecular weight is 325 g/mol. The van der Waals surface area contributed by atoms with E-state index >= 15 is 0 Å². The Labute approximate surface area is 140 Å². The zero-order valence-electron chi connectivity index (χ0n) is 13.7. The molecule has 0 saturated carbocycles. The fourth-order valence-electron chi connectivity index (χ4n) is 2.19. The van der Waals surface area contributed by atoms with Crippen molar-refractivity contribution in [3.05, 3.63) is 65.2 Å². The standard InChI is InChI=1S/C19H19NO4/c1-13-5-3-4-6-16(13)11-19(23)24-12-18(22)15-7-9-17(10-8-15)20-14(2)21/h3-10H,11-12H2,1-2H3,(H,20,21). The molecule has 24 heavy (non-hydrogen) atoms. The number of ether oxygens (including phenoxy) is 1. The van der Waals surface area contributed by atoms with Gasteiger partial charge in [0, 0.05) is 18.2 Å². The van der Waals surface area contributed by atoms with Crippen LogP contribution < -0.4 is 5.32 Å². The first-order chi connectivity index (χ1) is 11.5. The molecule has 0 spiro atoms. The van der Waals surface area contributed by atoms with E-state index in [4.69, 9.17) is 4.74 Å². The van der Waals surface area contributed by atoms with E-state index in [-0.39, 0.29) is 24.7 Å². The Bertz CT molecular complexity index is 750. The Morgan fingerprint density at radius 2 is 1.67 bits per heavy atom. The van der Waals surface area contributed by atoms with Crippen LogP contribution in [0.2, 0.25) is 0 Å². The summed E-state index contributed by atoms with van der Waals surface area (Å²) in [6.45, 7) is 3.03. The summed E-state index contributed by atoms with van der Waals surface area (Å²) in [4.78, 5) is 34.8. The molecule has 2 aromatic rings. The molecule has 124 valence electrons. The van der Waals surface area contributed by atoms with Crippen molar-refractivity contribution in [2.45, 2.75) is 20.3 Å². The Morgan fingerprint density at radius 1 is 1.00 bits per heavy atom. The van der Waals surface area contributed by atoms with Gasteiger partial charge in [0.05, 0.1) is 6.42 Å². The average Bonchev–Trinajstić information content (AvgIpc) is 2.55. The second-order valence-electron chi connectivity index (χ2n) is 5.45. The van der Waals surface area contributed by atoms with Gasteiger partial charge in [0.15, 0.2) is 12.4 Å². The summed E-state index contributed by atoms with van der Waals surface area (Å²) in [5.41, 5.74) is 2.92. The minimum Gasteiger partial charge on any atom is -0.457 e. The third-order valence-corrected chi connectivity index (χ3v) is 3.49. The molecular weight excluding hydrogens is 306 g/mol. The van der Waals surface area contributed by atoms with E-state index in [9.17, 15) is 14.4 Å². The lowest BCUT2D eigenvalue weighted by molar-refractivity contribution is -0.141. The number of aryl methyl sites for hydroxylation is 1. The number of hydrogen-bond acceptors (Lipinski definition) is 4. The second kappa shape index (κ2) is 8.06. The minimum atomic E-state index is -0.437. The maximum Gasteiger partial charge on any atom is 0.310 e. The Hall–Kier alpha value is -2.95. The van der Waals surface area contributed by atoms with E-state index in [0.717, 1.165) is 11.1 Å². The van der Waals surface area contributed by atoms with E-state index < -0.39 is 5.97 Å². The van der Waals surface area contributed by atoms with Crippen LogP contribution in [-0.4, -0.2) is 24.3 Å². The fourth-order valence-corrected chi connectivity index (χ4v) is 2.19. The molecule has 1 N–H and O–H groups in total. The molecule has 2 rings (SSSR count). The zero-order chi connectivity index (χ0) is 17.5. The van der Waals surface area contributed by atoms with Crippen LogP contribution in [0.1, 0.15) is 28.4 Å². The highest BCUT2D eigenvalue weighted by Crippen LogP contribution is 2.11. The third kappa shape index (κ3) is 5.05. The van der Waals surface area contributed by atoms with E-state index in [1.165, 1.54) is 6.92 Å². The van der Waals surface area contributed by atoms with Crippen LogP contribution in [0.4, 0.5) is 5.69 Å². The Balaban J connectivity index is 1.87. The van der Waals surface area contributed by atoms with Gasteiger partial charge in [0.1, 0.15) is 0 Å². The number of amides is 1. The third-order valence-electron chi connectivity index (χ3n) is 3.49. The van der Waals surface area contributed by atoms with Gasteiger partial charge in [-0.25, -0.2) is 0 Å². The first-order valence-electron chi connectivity index (χ1n) is 7.56. The van der Waals surface area contributed by atoms with Gasteiger partial charge in [-0.05, 0) is 42.3 Å². The van der Waals surface area contributed by atoms with Crippen LogP contribution in [0, 0.1) is 6.92 Å². The van der Waals surface area contributed by atoms with Crippen molar-refractivity contribution in [2.75, 3.05) is 11.9 Å². The van der Waals surface area contributed by atoms with Crippen molar-refractivity contribution >= 4 is 23.3 Å². The molecule has 5 nitrogen and oxygen atoms in total. The molecular formula is C19H19NO4. The van der Waals surface area contributed by atoms with Crippen molar-refractivity contribution in [3.8, 4) is 0 Å². The maximum absolute atomic E-state index is 12.0. The largest absolute Gasteiger partial charge is 0.457 e. The Kier molecular flexibility index (Phi) is 5.84. The van der Waals surface area contributed by atoms with Gasteiger partial charge in [-0.15, -0.1) is 0 Å². The molecule has 0 heterocycles. The lowest BCUT2D eigenvalue weighted by Crippen LogP contribution is -2.16. The van der Waals surface area contributed by atoms with Gasteiger partial charge < -0.3 is 10.1 Å². The predicted octanol–water partition coefficient (Wildman–Crippen LogP) is 2.92. The van der Waals surface area contributed by atoms with Crippen molar-refractivity contribution in [1.82, 2.24) is 0 Å². The molecule has 0 aliphatic heterocycles. The van der Waals surface area contributed by atoms with Crippen LogP contribution in [0.15, 0.2) is 48.5 Å². The van der Waals surface area contributed by atoms with Crippen LogP contribution in [-0.2, 0) is 20.7 Å². The number of carbonyl (C=O) groups excluding carboxylic acids is 3. The van der Waals surface area contributed by atoms with Gasteiger partial charge in [-0.1, -0.05) is 24.3 Å². The number of hydrogen-bond donors (Lipinski definition) is 1.